The molecule has 0 aliphatic carbocycles. The first-order chi connectivity index (χ1) is 14.9. The van der Waals surface area contributed by atoms with Crippen molar-refractivity contribution in [3.8, 4) is 0 Å². The minimum absolute atomic E-state index is 0.0365. The first kappa shape index (κ1) is 22.7. The highest BCUT2D eigenvalue weighted by atomic mass is 35.5. The normalized spacial score (nSPS) is 20.2. The Hall–Kier alpha value is -1.46. The van der Waals surface area contributed by atoms with Gasteiger partial charge < -0.3 is 9.80 Å². The molecule has 2 aromatic carbocycles. The molecule has 0 spiro atoms. The minimum atomic E-state index is 0.0365. The van der Waals surface area contributed by atoms with Gasteiger partial charge in [0, 0.05) is 65.6 Å². The summed E-state index contributed by atoms with van der Waals surface area (Å²) in [5.74, 6) is 0.312. The summed E-state index contributed by atoms with van der Waals surface area (Å²) in [5, 5.41) is 2.13. The average molecular weight is 481 g/mol. The van der Waals surface area contributed by atoms with Crippen LogP contribution in [0.5, 0.6) is 0 Å². The van der Waals surface area contributed by atoms with E-state index in [1.165, 1.54) is 11.3 Å². The summed E-state index contributed by atoms with van der Waals surface area (Å²) in [6.45, 7) is 7.67. The van der Waals surface area contributed by atoms with Crippen molar-refractivity contribution >= 4 is 46.4 Å². The molecule has 2 fully saturated rings. The number of anilines is 1. The van der Waals surface area contributed by atoms with E-state index in [0.29, 0.717) is 16.6 Å². The Morgan fingerprint density at radius 1 is 1.00 bits per heavy atom. The number of hydrogen-bond donors (Lipinski definition) is 0. The number of carbonyl (C=O) groups is 1. The average Bonchev–Trinajstić information content (AvgIpc) is 2.78. The molecule has 0 N–H and O–H groups in total. The highest BCUT2D eigenvalue weighted by molar-refractivity contribution is 6.36. The fraction of sp³-hybridized carbons (Fsp3) is 0.458. The van der Waals surface area contributed by atoms with Crippen LogP contribution in [0.4, 0.5) is 5.69 Å². The lowest BCUT2D eigenvalue weighted by Gasteiger charge is -2.40. The molecule has 1 amide bonds. The van der Waals surface area contributed by atoms with E-state index in [9.17, 15) is 4.79 Å². The van der Waals surface area contributed by atoms with Crippen LogP contribution >= 0.6 is 34.8 Å². The van der Waals surface area contributed by atoms with Gasteiger partial charge in [-0.2, -0.15) is 0 Å². The van der Waals surface area contributed by atoms with Gasteiger partial charge in [-0.25, -0.2) is 0 Å². The standard InChI is InChI=1S/C24H28Cl3N3O/c1-17-7-8-19(25)14-23(17)29-10-12-30(13-11-29)24(31)18-4-3-9-28(15-18)16-20-21(26)5-2-6-22(20)27/h2,5-8,14,18H,3-4,9-13,15-16H2,1H3. The Bertz CT molecular complexity index is 923. The zero-order valence-corrected chi connectivity index (χ0v) is 20.1. The summed E-state index contributed by atoms with van der Waals surface area (Å²) in [4.78, 5) is 19.9. The van der Waals surface area contributed by atoms with Crippen molar-refractivity contribution in [2.24, 2.45) is 5.92 Å². The number of benzene rings is 2. The smallest absolute Gasteiger partial charge is 0.227 e. The predicted molar refractivity (Wildman–Crippen MR) is 129 cm³/mol. The van der Waals surface area contributed by atoms with Crippen molar-refractivity contribution in [3.05, 3.63) is 62.6 Å². The third-order valence-electron chi connectivity index (χ3n) is 6.40. The second-order valence-corrected chi connectivity index (χ2v) is 9.77. The monoisotopic (exact) mass is 479 g/mol. The molecule has 0 radical (unpaired) electrons. The Morgan fingerprint density at radius 3 is 2.42 bits per heavy atom. The van der Waals surface area contributed by atoms with Crippen molar-refractivity contribution in [2.45, 2.75) is 26.3 Å². The van der Waals surface area contributed by atoms with Gasteiger partial charge in [0.2, 0.25) is 5.91 Å². The molecule has 2 saturated heterocycles. The molecule has 31 heavy (non-hydrogen) atoms. The summed E-state index contributed by atoms with van der Waals surface area (Å²) in [6, 6.07) is 11.6. The fourth-order valence-corrected chi connectivity index (χ4v) is 5.34. The summed E-state index contributed by atoms with van der Waals surface area (Å²) in [7, 11) is 0. The molecule has 0 saturated carbocycles. The van der Waals surface area contributed by atoms with E-state index in [1.807, 2.05) is 35.2 Å². The lowest BCUT2D eigenvalue weighted by molar-refractivity contribution is -0.137. The van der Waals surface area contributed by atoms with Crippen molar-refractivity contribution in [1.82, 2.24) is 9.80 Å². The maximum absolute atomic E-state index is 13.3. The van der Waals surface area contributed by atoms with Gasteiger partial charge in [0.25, 0.3) is 0 Å². The number of amides is 1. The SMILES string of the molecule is Cc1ccc(Cl)cc1N1CCN(C(=O)C2CCCN(Cc3c(Cl)cccc3Cl)C2)CC1. The molecular weight excluding hydrogens is 453 g/mol. The van der Waals surface area contributed by atoms with Crippen molar-refractivity contribution < 1.29 is 4.79 Å². The van der Waals surface area contributed by atoms with E-state index in [0.717, 1.165) is 62.7 Å². The van der Waals surface area contributed by atoms with E-state index >= 15 is 0 Å². The first-order valence-corrected chi connectivity index (χ1v) is 12.0. The summed E-state index contributed by atoms with van der Waals surface area (Å²) in [6.07, 6.45) is 1.96. The number of carbonyl (C=O) groups excluding carboxylic acids is 1. The number of piperidine rings is 1. The molecule has 2 heterocycles. The van der Waals surface area contributed by atoms with Gasteiger partial charge in [-0.1, -0.05) is 46.9 Å². The zero-order chi connectivity index (χ0) is 22.0. The molecule has 166 valence electrons. The molecule has 0 bridgehead atoms. The van der Waals surface area contributed by atoms with E-state index in [2.05, 4.69) is 22.8 Å². The Kier molecular flexibility index (Phi) is 7.33. The van der Waals surface area contributed by atoms with Gasteiger partial charge in [0.15, 0.2) is 0 Å². The van der Waals surface area contributed by atoms with E-state index in [-0.39, 0.29) is 11.8 Å². The molecule has 1 atom stereocenters. The van der Waals surface area contributed by atoms with Crippen molar-refractivity contribution in [2.75, 3.05) is 44.2 Å². The zero-order valence-electron chi connectivity index (χ0n) is 17.8. The molecule has 2 aromatic rings. The Morgan fingerprint density at radius 2 is 1.71 bits per heavy atom. The van der Waals surface area contributed by atoms with Gasteiger partial charge in [-0.15, -0.1) is 0 Å². The number of hydrogen-bond acceptors (Lipinski definition) is 3. The van der Waals surface area contributed by atoms with Gasteiger partial charge in [-0.3, -0.25) is 9.69 Å². The lowest BCUT2D eigenvalue weighted by Crippen LogP contribution is -2.52. The van der Waals surface area contributed by atoms with Gasteiger partial charge in [0.05, 0.1) is 5.92 Å². The molecule has 4 rings (SSSR count). The molecule has 2 aliphatic rings. The van der Waals surface area contributed by atoms with Crippen LogP contribution < -0.4 is 4.90 Å². The third-order valence-corrected chi connectivity index (χ3v) is 7.34. The van der Waals surface area contributed by atoms with Gasteiger partial charge in [0.1, 0.15) is 0 Å². The molecule has 4 nitrogen and oxygen atoms in total. The van der Waals surface area contributed by atoms with E-state index in [4.69, 9.17) is 34.8 Å². The van der Waals surface area contributed by atoms with Gasteiger partial charge in [-0.05, 0) is 56.1 Å². The molecule has 1 unspecified atom stereocenters. The number of likely N-dealkylation sites (tertiary alicyclic amines) is 1. The summed E-state index contributed by atoms with van der Waals surface area (Å²) in [5.41, 5.74) is 3.33. The summed E-state index contributed by atoms with van der Waals surface area (Å²) >= 11 is 18.9. The molecule has 7 heteroatoms. The van der Waals surface area contributed by atoms with Crippen molar-refractivity contribution in [3.63, 3.8) is 0 Å². The quantitative estimate of drug-likeness (QED) is 0.577. The number of nitrogens with zero attached hydrogens (tertiary/aromatic N) is 3. The van der Waals surface area contributed by atoms with Gasteiger partial charge >= 0.3 is 0 Å². The summed E-state index contributed by atoms with van der Waals surface area (Å²) < 4.78 is 0. The number of rotatable bonds is 4. The van der Waals surface area contributed by atoms with Crippen LogP contribution in [0.25, 0.3) is 0 Å². The largest absolute Gasteiger partial charge is 0.368 e. The van der Waals surface area contributed by atoms with Crippen LogP contribution in [0.15, 0.2) is 36.4 Å². The third kappa shape index (κ3) is 5.31. The molecule has 2 aliphatic heterocycles. The highest BCUT2D eigenvalue weighted by Gasteiger charge is 2.31. The van der Waals surface area contributed by atoms with Crippen LogP contribution in [0.2, 0.25) is 15.1 Å². The van der Waals surface area contributed by atoms with E-state index < -0.39 is 0 Å². The van der Waals surface area contributed by atoms with Crippen LogP contribution in [-0.4, -0.2) is 55.0 Å². The number of piperazine rings is 1. The Labute approximate surface area is 199 Å². The maximum Gasteiger partial charge on any atom is 0.227 e. The first-order valence-electron chi connectivity index (χ1n) is 10.9. The number of aryl methyl sites for hydroxylation is 1. The van der Waals surface area contributed by atoms with Crippen LogP contribution in [0.1, 0.15) is 24.0 Å². The van der Waals surface area contributed by atoms with Crippen LogP contribution in [0, 0.1) is 12.8 Å². The minimum Gasteiger partial charge on any atom is -0.368 e. The lowest BCUT2D eigenvalue weighted by atomic mass is 9.95. The number of halogens is 3. The second kappa shape index (κ2) is 9.99. The Balaban J connectivity index is 1.35. The highest BCUT2D eigenvalue weighted by Crippen LogP contribution is 2.29. The topological polar surface area (TPSA) is 26.8 Å². The predicted octanol–water partition coefficient (Wildman–Crippen LogP) is 5.52. The molecular formula is C24H28Cl3N3O. The van der Waals surface area contributed by atoms with Crippen molar-refractivity contribution in [1.29, 1.82) is 0 Å². The maximum atomic E-state index is 13.3. The fourth-order valence-electron chi connectivity index (χ4n) is 4.66. The van der Waals surface area contributed by atoms with E-state index in [1.54, 1.807) is 0 Å². The second-order valence-electron chi connectivity index (χ2n) is 8.52. The van der Waals surface area contributed by atoms with Crippen LogP contribution in [0.3, 0.4) is 0 Å². The molecule has 0 aromatic heterocycles. The van der Waals surface area contributed by atoms with Crippen LogP contribution in [-0.2, 0) is 11.3 Å².